The van der Waals surface area contributed by atoms with Crippen molar-refractivity contribution in [3.05, 3.63) is 29.5 Å². The molecule has 0 aliphatic heterocycles. The van der Waals surface area contributed by atoms with Crippen molar-refractivity contribution in [2.45, 2.75) is 23.8 Å². The molecule has 0 saturated heterocycles. The minimum atomic E-state index is 0.638. The highest BCUT2D eigenvalue weighted by Gasteiger charge is 2.23. The van der Waals surface area contributed by atoms with Gasteiger partial charge in [-0.2, -0.15) is 0 Å². The minimum absolute atomic E-state index is 0.638. The summed E-state index contributed by atoms with van der Waals surface area (Å²) < 4.78 is 0. The number of aromatic nitrogens is 1. The molecule has 1 aliphatic rings. The number of thioether (sulfide) groups is 1. The maximum Gasteiger partial charge on any atom is 0.0470 e. The number of rotatable bonds is 2. The van der Waals surface area contributed by atoms with Gasteiger partial charge in [0.25, 0.3) is 0 Å². The average molecular weight is 246 g/mol. The fourth-order valence-corrected chi connectivity index (χ4v) is 3.28. The Balaban J connectivity index is 2.15. The number of benzene rings is 1. The zero-order chi connectivity index (χ0) is 12.0. The van der Waals surface area contributed by atoms with E-state index in [4.69, 9.17) is 0 Å². The van der Waals surface area contributed by atoms with Crippen LogP contribution in [-0.2, 0) is 12.8 Å². The second-order valence-electron chi connectivity index (χ2n) is 5.05. The van der Waals surface area contributed by atoms with Crippen LogP contribution in [0.1, 0.15) is 11.1 Å². The van der Waals surface area contributed by atoms with Crippen molar-refractivity contribution in [3.8, 4) is 0 Å². The molecule has 90 valence electrons. The van der Waals surface area contributed by atoms with Crippen molar-refractivity contribution in [1.82, 2.24) is 9.88 Å². The van der Waals surface area contributed by atoms with Gasteiger partial charge >= 0.3 is 0 Å². The fourth-order valence-electron chi connectivity index (χ4n) is 2.79. The van der Waals surface area contributed by atoms with Crippen LogP contribution in [0.5, 0.6) is 0 Å². The maximum absolute atomic E-state index is 3.42. The predicted octanol–water partition coefficient (Wildman–Crippen LogP) is 2.92. The molecule has 3 heteroatoms. The molecule has 1 N–H and O–H groups in total. The molecule has 1 aromatic heterocycles. The summed E-state index contributed by atoms with van der Waals surface area (Å²) in [6.45, 7) is 0. The summed E-state index contributed by atoms with van der Waals surface area (Å²) in [5.74, 6) is 0. The van der Waals surface area contributed by atoms with Gasteiger partial charge in [-0.05, 0) is 56.5 Å². The van der Waals surface area contributed by atoms with E-state index in [1.807, 2.05) is 11.8 Å². The Kier molecular flexibility index (Phi) is 2.68. The van der Waals surface area contributed by atoms with Gasteiger partial charge in [-0.1, -0.05) is 0 Å². The second-order valence-corrected chi connectivity index (χ2v) is 5.93. The lowest BCUT2D eigenvalue weighted by atomic mass is 9.89. The van der Waals surface area contributed by atoms with Crippen molar-refractivity contribution >= 4 is 22.7 Å². The molecule has 0 bridgehead atoms. The van der Waals surface area contributed by atoms with Crippen LogP contribution in [-0.4, -0.2) is 36.3 Å². The zero-order valence-electron chi connectivity index (χ0n) is 10.6. The molecule has 0 amide bonds. The third-order valence-corrected chi connectivity index (χ3v) is 4.50. The topological polar surface area (TPSA) is 19.0 Å². The molecule has 0 spiro atoms. The van der Waals surface area contributed by atoms with Gasteiger partial charge in [0.15, 0.2) is 0 Å². The molecule has 3 rings (SSSR count). The van der Waals surface area contributed by atoms with E-state index >= 15 is 0 Å². The molecule has 1 unspecified atom stereocenters. The van der Waals surface area contributed by atoms with Crippen molar-refractivity contribution in [2.75, 3.05) is 20.4 Å². The third kappa shape index (κ3) is 1.78. The molecule has 0 radical (unpaired) electrons. The van der Waals surface area contributed by atoms with E-state index < -0.39 is 0 Å². The van der Waals surface area contributed by atoms with Gasteiger partial charge in [0.1, 0.15) is 0 Å². The molecule has 1 heterocycles. The molecule has 0 saturated carbocycles. The third-order valence-electron chi connectivity index (χ3n) is 3.79. The van der Waals surface area contributed by atoms with E-state index in [0.717, 1.165) is 0 Å². The summed E-state index contributed by atoms with van der Waals surface area (Å²) in [5.41, 5.74) is 4.29. The number of aromatic amines is 1. The van der Waals surface area contributed by atoms with Crippen molar-refractivity contribution in [3.63, 3.8) is 0 Å². The lowest BCUT2D eigenvalue weighted by Crippen LogP contribution is -2.33. The largest absolute Gasteiger partial charge is 0.361 e. The monoisotopic (exact) mass is 246 g/mol. The number of H-pyrrole nitrogens is 1. The van der Waals surface area contributed by atoms with Crippen molar-refractivity contribution in [1.29, 1.82) is 0 Å². The van der Waals surface area contributed by atoms with Crippen LogP contribution in [0.3, 0.4) is 0 Å². The Morgan fingerprint density at radius 3 is 2.71 bits per heavy atom. The van der Waals surface area contributed by atoms with Gasteiger partial charge in [0, 0.05) is 28.0 Å². The second kappa shape index (κ2) is 4.07. The summed E-state index contributed by atoms with van der Waals surface area (Å²) in [7, 11) is 4.36. The number of hydrogen-bond acceptors (Lipinski definition) is 2. The van der Waals surface area contributed by atoms with Gasteiger partial charge in [-0.3, -0.25) is 0 Å². The number of nitrogens with zero attached hydrogens (tertiary/aromatic N) is 1. The van der Waals surface area contributed by atoms with Crippen LogP contribution >= 0.6 is 11.8 Å². The first-order valence-electron chi connectivity index (χ1n) is 6.02. The molecule has 1 atom stereocenters. The Morgan fingerprint density at radius 2 is 2.00 bits per heavy atom. The van der Waals surface area contributed by atoms with Gasteiger partial charge in [0.2, 0.25) is 0 Å². The van der Waals surface area contributed by atoms with Crippen molar-refractivity contribution in [2.24, 2.45) is 0 Å². The summed E-state index contributed by atoms with van der Waals surface area (Å²) in [4.78, 5) is 7.12. The standard InChI is InChI=1S/C14H18N2S/c1-16(2)11-4-9-6-12(17-3)7-13-14(9)10(5-11)8-15-13/h6-8,11,15H,4-5H2,1-3H3. The van der Waals surface area contributed by atoms with Crippen LogP contribution in [0.2, 0.25) is 0 Å². The Morgan fingerprint density at radius 1 is 1.24 bits per heavy atom. The smallest absolute Gasteiger partial charge is 0.0470 e. The predicted molar refractivity (Wildman–Crippen MR) is 75.0 cm³/mol. The average Bonchev–Trinajstić information content (AvgIpc) is 2.73. The first kappa shape index (κ1) is 11.2. The first-order valence-corrected chi connectivity index (χ1v) is 7.25. The Bertz CT molecular complexity index is 557. The molecular formula is C14H18N2S. The van der Waals surface area contributed by atoms with Crippen LogP contribution in [0.25, 0.3) is 10.9 Å². The summed E-state index contributed by atoms with van der Waals surface area (Å²) >= 11 is 1.82. The minimum Gasteiger partial charge on any atom is -0.361 e. The van der Waals surface area contributed by atoms with Crippen LogP contribution < -0.4 is 0 Å². The molecular weight excluding hydrogens is 228 g/mol. The zero-order valence-corrected chi connectivity index (χ0v) is 11.4. The molecule has 17 heavy (non-hydrogen) atoms. The summed E-state index contributed by atoms with van der Waals surface area (Å²) in [6.07, 6.45) is 6.67. The van der Waals surface area contributed by atoms with E-state index in [0.29, 0.717) is 6.04 Å². The van der Waals surface area contributed by atoms with Crippen LogP contribution in [0, 0.1) is 0 Å². The lowest BCUT2D eigenvalue weighted by Gasteiger charge is -2.28. The highest BCUT2D eigenvalue weighted by Crippen LogP contribution is 2.33. The summed E-state index contributed by atoms with van der Waals surface area (Å²) in [6, 6.07) is 5.27. The highest BCUT2D eigenvalue weighted by molar-refractivity contribution is 7.98. The molecule has 2 aromatic rings. The SMILES string of the molecule is CSc1cc2c3c(c[nH]c3c1)CC(N(C)C)C2. The van der Waals surface area contributed by atoms with E-state index in [1.54, 1.807) is 0 Å². The first-order chi connectivity index (χ1) is 8.19. The fraction of sp³-hybridized carbons (Fsp3) is 0.429. The van der Waals surface area contributed by atoms with Gasteiger partial charge in [0.05, 0.1) is 0 Å². The molecule has 1 aliphatic carbocycles. The molecule has 1 aromatic carbocycles. The highest BCUT2D eigenvalue weighted by atomic mass is 32.2. The van der Waals surface area contributed by atoms with Gasteiger partial charge < -0.3 is 9.88 Å². The number of nitrogens with one attached hydrogen (secondary N) is 1. The van der Waals surface area contributed by atoms with Crippen molar-refractivity contribution < 1.29 is 0 Å². The summed E-state index contributed by atoms with van der Waals surface area (Å²) in [5, 5.41) is 1.47. The Labute approximate surface area is 106 Å². The number of hydrogen-bond donors (Lipinski definition) is 1. The Hall–Kier alpha value is -0.930. The quantitative estimate of drug-likeness (QED) is 0.822. The van der Waals surface area contributed by atoms with E-state index in [2.05, 4.69) is 48.6 Å². The number of likely N-dealkylation sites (N-methyl/N-ethyl adjacent to an activating group) is 1. The maximum atomic E-state index is 3.42. The van der Waals surface area contributed by atoms with Crippen LogP contribution in [0.4, 0.5) is 0 Å². The van der Waals surface area contributed by atoms with E-state index in [-0.39, 0.29) is 0 Å². The van der Waals surface area contributed by atoms with E-state index in [9.17, 15) is 0 Å². The molecule has 0 fully saturated rings. The van der Waals surface area contributed by atoms with Gasteiger partial charge in [-0.15, -0.1) is 11.8 Å². The van der Waals surface area contributed by atoms with E-state index in [1.165, 1.54) is 39.8 Å². The normalized spacial score (nSPS) is 19.2. The van der Waals surface area contributed by atoms with Crippen LogP contribution in [0.15, 0.2) is 23.2 Å². The van der Waals surface area contributed by atoms with Gasteiger partial charge in [-0.25, -0.2) is 0 Å². The lowest BCUT2D eigenvalue weighted by molar-refractivity contribution is 0.287. The molecule has 2 nitrogen and oxygen atoms in total.